The van der Waals surface area contributed by atoms with Crippen molar-refractivity contribution in [3.8, 4) is 0 Å². The Morgan fingerprint density at radius 2 is 1.75 bits per heavy atom. The van der Waals surface area contributed by atoms with E-state index >= 15 is 0 Å². The van der Waals surface area contributed by atoms with Gasteiger partial charge in [0.25, 0.3) is 0 Å². The minimum atomic E-state index is -0.509. The van der Waals surface area contributed by atoms with Crippen molar-refractivity contribution >= 4 is 0 Å². The molecule has 0 aliphatic heterocycles. The fourth-order valence-electron chi connectivity index (χ4n) is 0.485. The zero-order valence-electron chi connectivity index (χ0n) is 5.47. The lowest BCUT2D eigenvalue weighted by Crippen LogP contribution is -2.49. The number of hydrazine groups is 2. The van der Waals surface area contributed by atoms with Crippen molar-refractivity contribution in [1.82, 2.24) is 16.0 Å². The molecule has 3 N–H and O–H groups in total. The first kappa shape index (κ1) is 7.84. The molecule has 0 aromatic carbocycles. The summed E-state index contributed by atoms with van der Waals surface area (Å²) in [6.07, 6.45) is -0.509. The van der Waals surface area contributed by atoms with Crippen LogP contribution in [0.1, 0.15) is 6.92 Å². The second kappa shape index (κ2) is 3.80. The summed E-state index contributed by atoms with van der Waals surface area (Å²) in [4.78, 5) is 0. The van der Waals surface area contributed by atoms with Crippen molar-refractivity contribution in [2.75, 3.05) is 14.1 Å². The fourth-order valence-corrected chi connectivity index (χ4v) is 0.485. The van der Waals surface area contributed by atoms with E-state index in [4.69, 9.17) is 5.11 Å². The molecule has 4 nitrogen and oxygen atoms in total. The average molecular weight is 119 g/mol. The van der Waals surface area contributed by atoms with Gasteiger partial charge in [-0.25, -0.2) is 10.9 Å². The van der Waals surface area contributed by atoms with Crippen LogP contribution in [0.4, 0.5) is 0 Å². The Kier molecular flexibility index (Phi) is 3.72. The number of nitrogens with one attached hydrogen (secondary N) is 2. The summed E-state index contributed by atoms with van der Waals surface area (Å²) in [6.45, 7) is 1.66. The van der Waals surface area contributed by atoms with Gasteiger partial charge in [-0.05, 0) is 6.92 Å². The van der Waals surface area contributed by atoms with E-state index in [1.165, 1.54) is 5.12 Å². The maximum atomic E-state index is 8.81. The second-order valence-corrected chi connectivity index (χ2v) is 1.45. The van der Waals surface area contributed by atoms with Gasteiger partial charge in [0.2, 0.25) is 0 Å². The first-order chi connectivity index (χ1) is 3.72. The van der Waals surface area contributed by atoms with Crippen LogP contribution in [0.2, 0.25) is 0 Å². The van der Waals surface area contributed by atoms with Gasteiger partial charge in [-0.1, -0.05) is 0 Å². The molecule has 0 rings (SSSR count). The Morgan fingerprint density at radius 1 is 1.38 bits per heavy atom. The zero-order chi connectivity index (χ0) is 6.57. The monoisotopic (exact) mass is 119 g/mol. The summed E-state index contributed by atoms with van der Waals surface area (Å²) in [5.41, 5.74) is 5.45. The van der Waals surface area contributed by atoms with Crippen molar-refractivity contribution in [1.29, 1.82) is 0 Å². The molecule has 0 aliphatic rings. The van der Waals surface area contributed by atoms with Gasteiger partial charge in [0, 0.05) is 14.1 Å². The molecule has 8 heavy (non-hydrogen) atoms. The molecular formula is C4H13N3O. The molecule has 1 atom stereocenters. The van der Waals surface area contributed by atoms with Crippen LogP contribution < -0.4 is 10.9 Å². The Bertz CT molecular complexity index is 53.2. The molecule has 0 heterocycles. The third-order valence-electron chi connectivity index (χ3n) is 0.855. The third-order valence-corrected chi connectivity index (χ3v) is 0.855. The van der Waals surface area contributed by atoms with Gasteiger partial charge in [0.05, 0.1) is 0 Å². The maximum absolute atomic E-state index is 8.81. The molecule has 0 aromatic rings. The van der Waals surface area contributed by atoms with Crippen molar-refractivity contribution < 1.29 is 5.11 Å². The predicted octanol–water partition coefficient (Wildman–Crippen LogP) is -1.10. The molecule has 50 valence electrons. The van der Waals surface area contributed by atoms with Crippen LogP contribution in [0, 0.1) is 0 Å². The first-order valence-corrected chi connectivity index (χ1v) is 2.54. The van der Waals surface area contributed by atoms with Crippen LogP contribution >= 0.6 is 0 Å². The van der Waals surface area contributed by atoms with E-state index in [0.29, 0.717) is 0 Å². The Balaban J connectivity index is 3.35. The molecule has 0 radical (unpaired) electrons. The molecule has 0 bridgehead atoms. The van der Waals surface area contributed by atoms with Crippen molar-refractivity contribution in [2.24, 2.45) is 0 Å². The lowest BCUT2D eigenvalue weighted by molar-refractivity contribution is -0.0446. The first-order valence-electron chi connectivity index (χ1n) is 2.54. The van der Waals surface area contributed by atoms with Crippen molar-refractivity contribution in [3.05, 3.63) is 0 Å². The minimum Gasteiger partial charge on any atom is -0.376 e. The minimum absolute atomic E-state index is 0.509. The van der Waals surface area contributed by atoms with E-state index in [-0.39, 0.29) is 0 Å². The average Bonchev–Trinajstić information content (AvgIpc) is 1.69. The Morgan fingerprint density at radius 3 is 1.75 bits per heavy atom. The fraction of sp³-hybridized carbons (Fsp3) is 1.00. The SMILES string of the molecule is CNN(NC)C(C)O. The number of rotatable bonds is 3. The summed E-state index contributed by atoms with van der Waals surface area (Å²) in [6, 6.07) is 0. The van der Waals surface area contributed by atoms with Crippen molar-refractivity contribution in [3.63, 3.8) is 0 Å². The van der Waals surface area contributed by atoms with Crippen LogP contribution in [0.25, 0.3) is 0 Å². The van der Waals surface area contributed by atoms with E-state index in [1.807, 2.05) is 0 Å². The molecule has 0 amide bonds. The standard InChI is InChI=1S/C4H13N3O/c1-4(8)7(5-2)6-3/h4-6,8H,1-3H3. The number of hydrogen-bond donors (Lipinski definition) is 3. The van der Waals surface area contributed by atoms with Gasteiger partial charge in [-0.15, -0.1) is 0 Å². The van der Waals surface area contributed by atoms with Gasteiger partial charge in [0.1, 0.15) is 6.23 Å². The topological polar surface area (TPSA) is 47.5 Å². The highest BCUT2D eigenvalue weighted by atomic mass is 16.3. The molecule has 0 aromatic heterocycles. The summed E-state index contributed by atoms with van der Waals surface area (Å²) >= 11 is 0. The number of nitrogens with zero attached hydrogens (tertiary/aromatic N) is 1. The van der Waals surface area contributed by atoms with Gasteiger partial charge in [-0.2, -0.15) is 5.12 Å². The van der Waals surface area contributed by atoms with E-state index in [2.05, 4.69) is 10.9 Å². The van der Waals surface area contributed by atoms with Gasteiger partial charge in [-0.3, -0.25) is 0 Å². The molecule has 0 saturated heterocycles. The number of hydrogen-bond acceptors (Lipinski definition) is 4. The van der Waals surface area contributed by atoms with Crippen LogP contribution in [0.5, 0.6) is 0 Å². The van der Waals surface area contributed by atoms with E-state index in [9.17, 15) is 0 Å². The predicted molar refractivity (Wildman–Crippen MR) is 31.6 cm³/mol. The second-order valence-electron chi connectivity index (χ2n) is 1.45. The number of aliphatic hydroxyl groups is 1. The van der Waals surface area contributed by atoms with Crippen LogP contribution in [0.3, 0.4) is 0 Å². The quantitative estimate of drug-likeness (QED) is 0.326. The zero-order valence-corrected chi connectivity index (χ0v) is 5.47. The van der Waals surface area contributed by atoms with Gasteiger partial charge < -0.3 is 5.11 Å². The van der Waals surface area contributed by atoms with Crippen LogP contribution in [-0.4, -0.2) is 30.5 Å². The number of aliphatic hydroxyl groups excluding tert-OH is 1. The highest BCUT2D eigenvalue weighted by molar-refractivity contribution is 4.36. The Labute approximate surface area is 49.4 Å². The molecule has 0 aliphatic carbocycles. The summed E-state index contributed by atoms with van der Waals surface area (Å²) < 4.78 is 0. The van der Waals surface area contributed by atoms with Crippen molar-refractivity contribution in [2.45, 2.75) is 13.2 Å². The maximum Gasteiger partial charge on any atom is 0.131 e. The molecule has 4 heteroatoms. The molecule has 1 unspecified atom stereocenters. The Hall–Kier alpha value is -0.160. The summed E-state index contributed by atoms with van der Waals surface area (Å²) in [5, 5.41) is 10.3. The summed E-state index contributed by atoms with van der Waals surface area (Å²) in [7, 11) is 3.45. The smallest absolute Gasteiger partial charge is 0.131 e. The van der Waals surface area contributed by atoms with E-state index in [1.54, 1.807) is 21.0 Å². The summed E-state index contributed by atoms with van der Waals surface area (Å²) in [5.74, 6) is 0. The molecule has 0 fully saturated rings. The highest BCUT2D eigenvalue weighted by Gasteiger charge is 2.02. The van der Waals surface area contributed by atoms with E-state index in [0.717, 1.165) is 0 Å². The van der Waals surface area contributed by atoms with Crippen LogP contribution in [-0.2, 0) is 0 Å². The molecule has 0 spiro atoms. The lowest BCUT2D eigenvalue weighted by Gasteiger charge is -2.21. The van der Waals surface area contributed by atoms with Gasteiger partial charge >= 0.3 is 0 Å². The molecule has 0 saturated carbocycles. The molecular weight excluding hydrogens is 106 g/mol. The largest absolute Gasteiger partial charge is 0.376 e. The van der Waals surface area contributed by atoms with E-state index < -0.39 is 6.23 Å². The normalized spacial score (nSPS) is 14.6. The van der Waals surface area contributed by atoms with Crippen LogP contribution in [0.15, 0.2) is 0 Å². The third kappa shape index (κ3) is 2.23. The lowest BCUT2D eigenvalue weighted by atomic mass is 10.7. The van der Waals surface area contributed by atoms with Gasteiger partial charge in [0.15, 0.2) is 0 Å². The highest BCUT2D eigenvalue weighted by Crippen LogP contribution is 1.79.